The SMILES string of the molecule is O=C(O)N[C@@H](Cc1cccc(O)c1)[C@H]1CNC(=O)O1. The van der Waals surface area contributed by atoms with Crippen LogP contribution in [0.1, 0.15) is 5.56 Å². The van der Waals surface area contributed by atoms with Crippen LogP contribution in [0.4, 0.5) is 9.59 Å². The zero-order valence-corrected chi connectivity index (χ0v) is 10.00. The van der Waals surface area contributed by atoms with Gasteiger partial charge in [0.05, 0.1) is 12.6 Å². The van der Waals surface area contributed by atoms with Crippen molar-refractivity contribution in [2.45, 2.75) is 18.6 Å². The Balaban J connectivity index is 2.09. The lowest BCUT2D eigenvalue weighted by Gasteiger charge is -2.21. The molecule has 0 aromatic heterocycles. The first-order valence-corrected chi connectivity index (χ1v) is 5.76. The lowest BCUT2D eigenvalue weighted by molar-refractivity contribution is 0.112. The third kappa shape index (κ3) is 3.51. The van der Waals surface area contributed by atoms with Crippen molar-refractivity contribution in [1.82, 2.24) is 10.6 Å². The van der Waals surface area contributed by atoms with Gasteiger partial charge in [-0.2, -0.15) is 0 Å². The Bertz CT molecular complexity index is 491. The molecule has 1 aromatic carbocycles. The Morgan fingerprint density at radius 2 is 2.37 bits per heavy atom. The molecule has 1 aliphatic rings. The summed E-state index contributed by atoms with van der Waals surface area (Å²) in [6, 6.07) is 5.93. The molecule has 1 heterocycles. The van der Waals surface area contributed by atoms with E-state index < -0.39 is 24.3 Å². The van der Waals surface area contributed by atoms with Crippen molar-refractivity contribution in [3.05, 3.63) is 29.8 Å². The van der Waals surface area contributed by atoms with Gasteiger partial charge in [0.15, 0.2) is 0 Å². The van der Waals surface area contributed by atoms with E-state index in [4.69, 9.17) is 9.84 Å². The van der Waals surface area contributed by atoms with Crippen molar-refractivity contribution in [2.24, 2.45) is 0 Å². The Morgan fingerprint density at radius 3 is 2.95 bits per heavy atom. The molecule has 1 aliphatic heterocycles. The minimum atomic E-state index is -1.19. The number of benzene rings is 1. The number of rotatable bonds is 4. The number of hydrogen-bond acceptors (Lipinski definition) is 4. The normalized spacial score (nSPS) is 19.4. The molecule has 1 aromatic rings. The van der Waals surface area contributed by atoms with Gasteiger partial charge in [0, 0.05) is 0 Å². The lowest BCUT2D eigenvalue weighted by Crippen LogP contribution is -2.45. The van der Waals surface area contributed by atoms with Gasteiger partial charge in [-0.15, -0.1) is 0 Å². The molecule has 2 amide bonds. The van der Waals surface area contributed by atoms with Crippen LogP contribution in [-0.2, 0) is 11.2 Å². The van der Waals surface area contributed by atoms with E-state index >= 15 is 0 Å². The minimum absolute atomic E-state index is 0.105. The highest BCUT2D eigenvalue weighted by Gasteiger charge is 2.32. The zero-order chi connectivity index (χ0) is 13.8. The first-order valence-electron chi connectivity index (χ1n) is 5.76. The van der Waals surface area contributed by atoms with Gasteiger partial charge < -0.3 is 25.6 Å². The summed E-state index contributed by atoms with van der Waals surface area (Å²) < 4.78 is 4.99. The van der Waals surface area contributed by atoms with E-state index in [2.05, 4.69) is 10.6 Å². The number of phenolic OH excluding ortho intramolecular Hbond substituents is 1. The summed E-state index contributed by atoms with van der Waals surface area (Å²) in [5.74, 6) is 0.105. The molecule has 0 unspecified atom stereocenters. The Kier molecular flexibility index (Phi) is 3.74. The van der Waals surface area contributed by atoms with Crippen molar-refractivity contribution in [3.8, 4) is 5.75 Å². The number of nitrogens with one attached hydrogen (secondary N) is 2. The lowest BCUT2D eigenvalue weighted by atomic mass is 10.0. The van der Waals surface area contributed by atoms with Crippen LogP contribution in [0.15, 0.2) is 24.3 Å². The molecule has 2 atom stereocenters. The summed E-state index contributed by atoms with van der Waals surface area (Å²) in [6.07, 6.45) is -1.99. The van der Waals surface area contributed by atoms with Gasteiger partial charge in [-0.1, -0.05) is 12.1 Å². The maximum Gasteiger partial charge on any atom is 0.407 e. The molecule has 102 valence electrons. The van der Waals surface area contributed by atoms with Gasteiger partial charge in [-0.3, -0.25) is 0 Å². The van der Waals surface area contributed by atoms with Crippen molar-refractivity contribution in [1.29, 1.82) is 0 Å². The first kappa shape index (κ1) is 13.0. The van der Waals surface area contributed by atoms with Crippen molar-refractivity contribution in [3.63, 3.8) is 0 Å². The number of phenols is 1. The van der Waals surface area contributed by atoms with Gasteiger partial charge in [-0.25, -0.2) is 9.59 Å². The van der Waals surface area contributed by atoms with Crippen LogP contribution in [0.3, 0.4) is 0 Å². The highest BCUT2D eigenvalue weighted by Crippen LogP contribution is 2.16. The van der Waals surface area contributed by atoms with Gasteiger partial charge >= 0.3 is 12.2 Å². The van der Waals surface area contributed by atoms with Crippen LogP contribution >= 0.6 is 0 Å². The summed E-state index contributed by atoms with van der Waals surface area (Å²) in [5.41, 5.74) is 0.752. The second-order valence-corrected chi connectivity index (χ2v) is 4.25. The van der Waals surface area contributed by atoms with Crippen LogP contribution in [0.25, 0.3) is 0 Å². The van der Waals surface area contributed by atoms with E-state index in [9.17, 15) is 14.7 Å². The highest BCUT2D eigenvalue weighted by atomic mass is 16.6. The maximum atomic E-state index is 11.0. The predicted octanol–water partition coefficient (Wildman–Crippen LogP) is 0.679. The fourth-order valence-corrected chi connectivity index (χ4v) is 2.00. The number of ether oxygens (including phenoxy) is 1. The smallest absolute Gasteiger partial charge is 0.407 e. The van der Waals surface area contributed by atoms with E-state index in [0.29, 0.717) is 6.42 Å². The zero-order valence-electron chi connectivity index (χ0n) is 10.00. The number of aromatic hydroxyl groups is 1. The van der Waals surface area contributed by atoms with E-state index in [1.807, 2.05) is 0 Å². The highest BCUT2D eigenvalue weighted by molar-refractivity contribution is 5.70. The summed E-state index contributed by atoms with van der Waals surface area (Å²) in [7, 11) is 0. The summed E-state index contributed by atoms with van der Waals surface area (Å²) >= 11 is 0. The molecule has 7 nitrogen and oxygen atoms in total. The number of hydrogen-bond donors (Lipinski definition) is 4. The average Bonchev–Trinajstić information content (AvgIpc) is 2.74. The molecule has 2 rings (SSSR count). The second-order valence-electron chi connectivity index (χ2n) is 4.25. The van der Waals surface area contributed by atoms with E-state index in [-0.39, 0.29) is 12.3 Å². The third-order valence-corrected chi connectivity index (χ3v) is 2.83. The fraction of sp³-hybridized carbons (Fsp3) is 0.333. The molecular formula is C12H14N2O5. The molecule has 7 heteroatoms. The van der Waals surface area contributed by atoms with Crippen LogP contribution in [-0.4, -0.2) is 41.1 Å². The molecular weight excluding hydrogens is 252 g/mol. The van der Waals surface area contributed by atoms with Crippen LogP contribution in [0, 0.1) is 0 Å². The van der Waals surface area contributed by atoms with Crippen molar-refractivity contribution in [2.75, 3.05) is 6.54 Å². The Morgan fingerprint density at radius 1 is 1.58 bits per heavy atom. The number of carboxylic acid groups (broad SMARTS) is 1. The Labute approximate surface area is 109 Å². The number of carbonyl (C=O) groups excluding carboxylic acids is 1. The van der Waals surface area contributed by atoms with E-state index in [0.717, 1.165) is 5.56 Å². The summed E-state index contributed by atoms with van der Waals surface area (Å²) in [5, 5.41) is 23.0. The van der Waals surface area contributed by atoms with E-state index in [1.54, 1.807) is 18.2 Å². The molecule has 0 spiro atoms. The standard InChI is InChI=1S/C12H14N2O5/c15-8-3-1-2-7(4-8)5-9(14-11(16)17)10-6-13-12(18)19-10/h1-4,9-10,14-15H,5-6H2,(H,13,18)(H,16,17)/t9-,10+/m0/s1. The first-order chi connectivity index (χ1) is 9.04. The molecule has 0 bridgehead atoms. The topological polar surface area (TPSA) is 108 Å². The van der Waals surface area contributed by atoms with Crippen molar-refractivity contribution >= 4 is 12.2 Å². The maximum absolute atomic E-state index is 11.0. The largest absolute Gasteiger partial charge is 0.508 e. The summed E-state index contributed by atoms with van der Waals surface area (Å²) in [4.78, 5) is 21.8. The van der Waals surface area contributed by atoms with Gasteiger partial charge in [0.1, 0.15) is 11.9 Å². The molecule has 0 aliphatic carbocycles. The Hall–Kier alpha value is -2.44. The molecule has 0 radical (unpaired) electrons. The van der Waals surface area contributed by atoms with Gasteiger partial charge in [-0.05, 0) is 24.1 Å². The quantitative estimate of drug-likeness (QED) is 0.641. The van der Waals surface area contributed by atoms with Crippen molar-refractivity contribution < 1.29 is 24.5 Å². The number of carbonyl (C=O) groups is 2. The fourth-order valence-electron chi connectivity index (χ4n) is 2.00. The number of cyclic esters (lactones) is 1. The molecule has 4 N–H and O–H groups in total. The second kappa shape index (κ2) is 5.47. The van der Waals surface area contributed by atoms with Gasteiger partial charge in [0.2, 0.25) is 0 Å². The molecule has 0 saturated carbocycles. The monoisotopic (exact) mass is 266 g/mol. The van der Waals surface area contributed by atoms with E-state index in [1.165, 1.54) is 6.07 Å². The summed E-state index contributed by atoms with van der Waals surface area (Å²) in [6.45, 7) is 0.253. The molecule has 19 heavy (non-hydrogen) atoms. The number of amides is 2. The third-order valence-electron chi connectivity index (χ3n) is 2.83. The molecule has 1 fully saturated rings. The minimum Gasteiger partial charge on any atom is -0.508 e. The van der Waals surface area contributed by atoms with Crippen LogP contribution < -0.4 is 10.6 Å². The predicted molar refractivity (Wildman–Crippen MR) is 65.0 cm³/mol. The molecule has 1 saturated heterocycles. The number of alkyl carbamates (subject to hydrolysis) is 1. The van der Waals surface area contributed by atoms with Crippen LogP contribution in [0.5, 0.6) is 5.75 Å². The average molecular weight is 266 g/mol. The van der Waals surface area contributed by atoms with Gasteiger partial charge in [0.25, 0.3) is 0 Å². The van der Waals surface area contributed by atoms with Crippen LogP contribution in [0.2, 0.25) is 0 Å².